The largest absolute Gasteiger partial charge is 0.483 e. The van der Waals surface area contributed by atoms with E-state index >= 15 is 0 Å². The van der Waals surface area contributed by atoms with Gasteiger partial charge in [0.1, 0.15) is 11.4 Å². The zero-order valence-electron chi connectivity index (χ0n) is 8.68. The van der Waals surface area contributed by atoms with Crippen molar-refractivity contribution >= 4 is 33.1 Å². The third kappa shape index (κ3) is 2.21. The van der Waals surface area contributed by atoms with Crippen LogP contribution in [0.25, 0.3) is 5.57 Å². The molecule has 80 valence electrons. The van der Waals surface area contributed by atoms with Crippen molar-refractivity contribution in [2.45, 2.75) is 19.4 Å². The molecule has 1 aromatic carbocycles. The predicted octanol–water partition coefficient (Wildman–Crippen LogP) is 4.29. The quantitative estimate of drug-likeness (QED) is 0.700. The lowest BCUT2D eigenvalue weighted by Crippen LogP contribution is -2.29. The molecular formula is C12H12BrClO. The van der Waals surface area contributed by atoms with Gasteiger partial charge < -0.3 is 4.74 Å². The predicted molar refractivity (Wildman–Crippen MR) is 67.9 cm³/mol. The van der Waals surface area contributed by atoms with Crippen molar-refractivity contribution in [3.63, 3.8) is 0 Å². The van der Waals surface area contributed by atoms with E-state index in [1.807, 2.05) is 32.0 Å². The average molecular weight is 288 g/mol. The van der Waals surface area contributed by atoms with Gasteiger partial charge in [-0.25, -0.2) is 0 Å². The van der Waals surface area contributed by atoms with E-state index in [1.165, 1.54) is 5.57 Å². The smallest absolute Gasteiger partial charge is 0.128 e. The van der Waals surface area contributed by atoms with Gasteiger partial charge in [-0.2, -0.15) is 0 Å². The van der Waals surface area contributed by atoms with Crippen molar-refractivity contribution in [3.8, 4) is 5.75 Å². The molecule has 0 aromatic heterocycles. The fourth-order valence-electron chi connectivity index (χ4n) is 1.76. The van der Waals surface area contributed by atoms with E-state index in [2.05, 4.69) is 22.0 Å². The van der Waals surface area contributed by atoms with E-state index in [1.54, 1.807) is 0 Å². The number of ether oxygens (including phenoxy) is 1. The summed E-state index contributed by atoms with van der Waals surface area (Å²) in [5, 5.41) is 1.55. The third-order valence-electron chi connectivity index (χ3n) is 2.33. The number of hydrogen-bond acceptors (Lipinski definition) is 1. The van der Waals surface area contributed by atoms with Crippen LogP contribution in [-0.4, -0.2) is 10.9 Å². The molecule has 1 aliphatic heterocycles. The normalized spacial score (nSPS) is 17.7. The van der Waals surface area contributed by atoms with Crippen LogP contribution < -0.4 is 4.74 Å². The lowest BCUT2D eigenvalue weighted by Gasteiger charge is -2.30. The minimum atomic E-state index is -0.246. The molecule has 0 radical (unpaired) electrons. The number of allylic oxidation sites excluding steroid dienone is 1. The van der Waals surface area contributed by atoms with Crippen molar-refractivity contribution < 1.29 is 4.74 Å². The summed E-state index contributed by atoms with van der Waals surface area (Å²) in [4.78, 5) is 0. The molecule has 0 fully saturated rings. The van der Waals surface area contributed by atoms with E-state index in [4.69, 9.17) is 16.3 Å². The Morgan fingerprint density at radius 1 is 1.40 bits per heavy atom. The molecule has 3 heteroatoms. The van der Waals surface area contributed by atoms with Gasteiger partial charge in [0, 0.05) is 15.9 Å². The molecule has 2 rings (SSSR count). The molecule has 0 saturated heterocycles. The molecule has 0 bridgehead atoms. The summed E-state index contributed by atoms with van der Waals surface area (Å²) >= 11 is 9.46. The molecule has 0 N–H and O–H groups in total. The number of rotatable bonds is 1. The zero-order valence-corrected chi connectivity index (χ0v) is 11.0. The summed E-state index contributed by atoms with van der Waals surface area (Å²) in [7, 11) is 0. The molecule has 0 unspecified atom stereocenters. The molecule has 0 amide bonds. The average Bonchev–Trinajstić information content (AvgIpc) is 2.16. The molecule has 0 spiro atoms. The van der Waals surface area contributed by atoms with E-state index in [-0.39, 0.29) is 5.60 Å². The van der Waals surface area contributed by atoms with Gasteiger partial charge in [-0.15, -0.1) is 0 Å². The first-order valence-corrected chi connectivity index (χ1v) is 6.28. The standard InChI is InChI=1S/C12H12BrClO/c1-12(2)6-8(7-13)10-5-9(14)3-4-11(10)15-12/h3-6H,7H2,1-2H3. The molecule has 0 saturated carbocycles. The van der Waals surface area contributed by atoms with E-state index < -0.39 is 0 Å². The van der Waals surface area contributed by atoms with Gasteiger partial charge in [0.25, 0.3) is 0 Å². The van der Waals surface area contributed by atoms with Crippen LogP contribution >= 0.6 is 27.5 Å². The highest BCUT2D eigenvalue weighted by atomic mass is 79.9. The SMILES string of the molecule is CC1(C)C=C(CBr)c2cc(Cl)ccc2O1. The van der Waals surface area contributed by atoms with Crippen molar-refractivity contribution in [3.05, 3.63) is 34.9 Å². The maximum atomic E-state index is 5.97. The topological polar surface area (TPSA) is 9.23 Å². The fourth-order valence-corrected chi connectivity index (χ4v) is 2.40. The van der Waals surface area contributed by atoms with Gasteiger partial charge >= 0.3 is 0 Å². The first-order chi connectivity index (χ1) is 7.02. The molecule has 1 aliphatic rings. The Hall–Kier alpha value is -0.470. The summed E-state index contributed by atoms with van der Waals surface area (Å²) in [5.74, 6) is 0.904. The highest BCUT2D eigenvalue weighted by Crippen LogP contribution is 2.38. The van der Waals surface area contributed by atoms with Crippen LogP contribution in [-0.2, 0) is 0 Å². The second-order valence-electron chi connectivity index (χ2n) is 4.15. The second kappa shape index (κ2) is 3.84. The van der Waals surface area contributed by atoms with Crippen LogP contribution in [0.15, 0.2) is 24.3 Å². The van der Waals surface area contributed by atoms with Crippen molar-refractivity contribution in [1.29, 1.82) is 0 Å². The fraction of sp³-hybridized carbons (Fsp3) is 0.333. The molecule has 1 aromatic rings. The highest BCUT2D eigenvalue weighted by molar-refractivity contribution is 9.09. The number of alkyl halides is 1. The number of fused-ring (bicyclic) bond motifs is 1. The summed E-state index contributed by atoms with van der Waals surface area (Å²) in [5.41, 5.74) is 2.06. The van der Waals surface area contributed by atoms with Gasteiger partial charge in [-0.05, 0) is 43.7 Å². The summed E-state index contributed by atoms with van der Waals surface area (Å²) in [6.45, 7) is 4.10. The van der Waals surface area contributed by atoms with Gasteiger partial charge in [0.05, 0.1) is 0 Å². The van der Waals surface area contributed by atoms with E-state index in [0.29, 0.717) is 0 Å². The van der Waals surface area contributed by atoms with Gasteiger partial charge in [0.2, 0.25) is 0 Å². The summed E-state index contributed by atoms with van der Waals surface area (Å²) < 4.78 is 5.85. The second-order valence-corrected chi connectivity index (χ2v) is 5.15. The molecular weight excluding hydrogens is 275 g/mol. The Labute approximate surface area is 103 Å². The van der Waals surface area contributed by atoms with Gasteiger partial charge in [-0.1, -0.05) is 27.5 Å². The lowest BCUT2D eigenvalue weighted by atomic mass is 9.96. The molecule has 0 atom stereocenters. The minimum Gasteiger partial charge on any atom is -0.483 e. The minimum absolute atomic E-state index is 0.246. The maximum absolute atomic E-state index is 5.97. The lowest BCUT2D eigenvalue weighted by molar-refractivity contribution is 0.158. The van der Waals surface area contributed by atoms with Crippen molar-refractivity contribution in [2.75, 3.05) is 5.33 Å². The van der Waals surface area contributed by atoms with Gasteiger partial charge in [0.15, 0.2) is 0 Å². The summed E-state index contributed by atoms with van der Waals surface area (Å²) in [6.07, 6.45) is 2.13. The van der Waals surface area contributed by atoms with Crippen LogP contribution in [0, 0.1) is 0 Å². The van der Waals surface area contributed by atoms with Crippen LogP contribution in [0.1, 0.15) is 19.4 Å². The number of hydrogen-bond donors (Lipinski definition) is 0. The Morgan fingerprint density at radius 3 is 2.80 bits per heavy atom. The van der Waals surface area contributed by atoms with Gasteiger partial charge in [-0.3, -0.25) is 0 Å². The maximum Gasteiger partial charge on any atom is 0.128 e. The monoisotopic (exact) mass is 286 g/mol. The Morgan fingerprint density at radius 2 is 2.13 bits per heavy atom. The Balaban J connectivity index is 2.56. The molecule has 0 aliphatic carbocycles. The first kappa shape index (κ1) is 11.0. The molecule has 1 heterocycles. The van der Waals surface area contributed by atoms with Crippen LogP contribution in [0.3, 0.4) is 0 Å². The van der Waals surface area contributed by atoms with E-state index in [0.717, 1.165) is 21.7 Å². The third-order valence-corrected chi connectivity index (χ3v) is 3.17. The highest BCUT2D eigenvalue weighted by Gasteiger charge is 2.25. The molecule has 15 heavy (non-hydrogen) atoms. The summed E-state index contributed by atoms with van der Waals surface area (Å²) in [6, 6.07) is 5.72. The van der Waals surface area contributed by atoms with Crippen molar-refractivity contribution in [2.24, 2.45) is 0 Å². The molecule has 1 nitrogen and oxygen atoms in total. The van der Waals surface area contributed by atoms with Crippen molar-refractivity contribution in [1.82, 2.24) is 0 Å². The van der Waals surface area contributed by atoms with Crippen LogP contribution in [0.5, 0.6) is 5.75 Å². The zero-order chi connectivity index (χ0) is 11.1. The van der Waals surface area contributed by atoms with Crippen LogP contribution in [0.2, 0.25) is 5.02 Å². The Kier molecular flexibility index (Phi) is 2.82. The van der Waals surface area contributed by atoms with Crippen LogP contribution in [0.4, 0.5) is 0 Å². The number of benzene rings is 1. The first-order valence-electron chi connectivity index (χ1n) is 4.78. The van der Waals surface area contributed by atoms with E-state index in [9.17, 15) is 0 Å². The number of halogens is 2. The Bertz CT molecular complexity index is 424.